The number of hydrogen-bond acceptors (Lipinski definition) is 1. The lowest BCUT2D eigenvalue weighted by Crippen LogP contribution is -2.02. The lowest BCUT2D eigenvalue weighted by atomic mass is 10.1. The second kappa shape index (κ2) is 5.84. The second-order valence-corrected chi connectivity index (χ2v) is 3.46. The fraction of sp³-hybridized carbons (Fsp3) is 0.333. The smallest absolute Gasteiger partial charge is 0.0859 e. The van der Waals surface area contributed by atoms with Crippen LogP contribution in [-0.4, -0.2) is 6.61 Å². The van der Waals surface area contributed by atoms with E-state index >= 15 is 0 Å². The van der Waals surface area contributed by atoms with E-state index in [2.05, 4.69) is 6.58 Å². The van der Waals surface area contributed by atoms with Crippen LogP contribution in [0.15, 0.2) is 36.9 Å². The number of ether oxygens (including phenoxy) is 1. The van der Waals surface area contributed by atoms with Gasteiger partial charge in [0.15, 0.2) is 0 Å². The van der Waals surface area contributed by atoms with Crippen LogP contribution in [0.25, 0.3) is 0 Å². The lowest BCUT2D eigenvalue weighted by Gasteiger charge is -2.15. The SMILES string of the molecule is C=CC[C@@H](OCC)c1ccc(Cl)cc1. The van der Waals surface area contributed by atoms with E-state index in [1.165, 1.54) is 0 Å². The average Bonchev–Trinajstić information content (AvgIpc) is 2.19. The fourth-order valence-corrected chi connectivity index (χ4v) is 1.46. The summed E-state index contributed by atoms with van der Waals surface area (Å²) in [6.45, 7) is 6.42. The van der Waals surface area contributed by atoms with Gasteiger partial charge in [-0.2, -0.15) is 0 Å². The molecule has 0 unspecified atom stereocenters. The van der Waals surface area contributed by atoms with Gasteiger partial charge in [0.2, 0.25) is 0 Å². The Bertz CT molecular complexity index is 279. The highest BCUT2D eigenvalue weighted by Crippen LogP contribution is 2.22. The third-order valence-electron chi connectivity index (χ3n) is 1.99. The van der Waals surface area contributed by atoms with Gasteiger partial charge in [-0.1, -0.05) is 29.8 Å². The van der Waals surface area contributed by atoms with Crippen molar-refractivity contribution in [1.29, 1.82) is 0 Å². The molecule has 0 saturated carbocycles. The van der Waals surface area contributed by atoms with Crippen LogP contribution >= 0.6 is 11.6 Å². The van der Waals surface area contributed by atoms with Gasteiger partial charge in [-0.25, -0.2) is 0 Å². The zero-order valence-electron chi connectivity index (χ0n) is 8.37. The summed E-state index contributed by atoms with van der Waals surface area (Å²) < 4.78 is 5.59. The van der Waals surface area contributed by atoms with E-state index in [-0.39, 0.29) is 6.10 Å². The Morgan fingerprint density at radius 2 is 2.07 bits per heavy atom. The van der Waals surface area contributed by atoms with Gasteiger partial charge in [0.05, 0.1) is 6.10 Å². The van der Waals surface area contributed by atoms with Gasteiger partial charge in [-0.3, -0.25) is 0 Å². The molecular weight excluding hydrogens is 196 g/mol. The molecule has 0 amide bonds. The largest absolute Gasteiger partial charge is 0.373 e. The van der Waals surface area contributed by atoms with E-state index < -0.39 is 0 Å². The van der Waals surface area contributed by atoms with Gasteiger partial charge in [0.1, 0.15) is 0 Å². The van der Waals surface area contributed by atoms with Crippen molar-refractivity contribution in [2.45, 2.75) is 19.4 Å². The van der Waals surface area contributed by atoms with Crippen LogP contribution in [0.2, 0.25) is 5.02 Å². The van der Waals surface area contributed by atoms with Crippen molar-refractivity contribution in [3.63, 3.8) is 0 Å². The topological polar surface area (TPSA) is 9.23 Å². The maximum Gasteiger partial charge on any atom is 0.0859 e. The summed E-state index contributed by atoms with van der Waals surface area (Å²) >= 11 is 5.81. The first-order valence-corrected chi connectivity index (χ1v) is 5.13. The Hall–Kier alpha value is -0.790. The van der Waals surface area contributed by atoms with E-state index in [4.69, 9.17) is 16.3 Å². The molecule has 0 N–H and O–H groups in total. The molecule has 0 fully saturated rings. The number of rotatable bonds is 5. The van der Waals surface area contributed by atoms with E-state index in [0.717, 1.165) is 17.0 Å². The Labute approximate surface area is 90.3 Å². The van der Waals surface area contributed by atoms with Gasteiger partial charge in [-0.05, 0) is 31.0 Å². The summed E-state index contributed by atoms with van der Waals surface area (Å²) in [6.07, 6.45) is 2.81. The minimum absolute atomic E-state index is 0.106. The van der Waals surface area contributed by atoms with Crippen molar-refractivity contribution in [1.82, 2.24) is 0 Å². The molecule has 14 heavy (non-hydrogen) atoms. The minimum atomic E-state index is 0.106. The van der Waals surface area contributed by atoms with Crippen molar-refractivity contribution in [2.75, 3.05) is 6.61 Å². The molecule has 0 aliphatic rings. The summed E-state index contributed by atoms with van der Waals surface area (Å²) in [6, 6.07) is 7.75. The number of halogens is 1. The highest BCUT2D eigenvalue weighted by atomic mass is 35.5. The fourth-order valence-electron chi connectivity index (χ4n) is 1.33. The van der Waals surface area contributed by atoms with E-state index in [1.54, 1.807) is 0 Å². The van der Waals surface area contributed by atoms with Crippen molar-refractivity contribution in [2.24, 2.45) is 0 Å². The Morgan fingerprint density at radius 1 is 1.43 bits per heavy atom. The average molecular weight is 211 g/mol. The summed E-state index contributed by atoms with van der Waals surface area (Å²) in [4.78, 5) is 0. The first-order valence-electron chi connectivity index (χ1n) is 4.76. The van der Waals surface area contributed by atoms with Crippen LogP contribution in [0, 0.1) is 0 Å². The molecular formula is C12H15ClO. The predicted octanol–water partition coefficient (Wildman–Crippen LogP) is 3.99. The number of benzene rings is 1. The van der Waals surface area contributed by atoms with Crippen LogP contribution in [0.3, 0.4) is 0 Å². The highest BCUT2D eigenvalue weighted by molar-refractivity contribution is 6.30. The quantitative estimate of drug-likeness (QED) is 0.668. The van der Waals surface area contributed by atoms with Crippen LogP contribution in [0.5, 0.6) is 0 Å². The first-order chi connectivity index (χ1) is 6.77. The van der Waals surface area contributed by atoms with Crippen molar-refractivity contribution < 1.29 is 4.74 Å². The summed E-state index contributed by atoms with van der Waals surface area (Å²) in [7, 11) is 0. The molecule has 0 aromatic heterocycles. The van der Waals surface area contributed by atoms with Gasteiger partial charge in [0.25, 0.3) is 0 Å². The molecule has 1 aromatic rings. The molecule has 1 rings (SSSR count). The van der Waals surface area contributed by atoms with Crippen LogP contribution in [0.1, 0.15) is 25.0 Å². The van der Waals surface area contributed by atoms with Crippen LogP contribution in [0.4, 0.5) is 0 Å². The van der Waals surface area contributed by atoms with Gasteiger partial charge in [0, 0.05) is 11.6 Å². The number of hydrogen-bond donors (Lipinski definition) is 0. The molecule has 76 valence electrons. The van der Waals surface area contributed by atoms with Crippen molar-refractivity contribution >= 4 is 11.6 Å². The zero-order valence-corrected chi connectivity index (χ0v) is 9.13. The third-order valence-corrected chi connectivity index (χ3v) is 2.24. The van der Waals surface area contributed by atoms with E-state index in [0.29, 0.717) is 6.61 Å². The van der Waals surface area contributed by atoms with E-state index in [1.807, 2.05) is 37.3 Å². The molecule has 0 saturated heterocycles. The van der Waals surface area contributed by atoms with Crippen LogP contribution < -0.4 is 0 Å². The molecule has 1 aromatic carbocycles. The molecule has 0 spiro atoms. The molecule has 0 radical (unpaired) electrons. The monoisotopic (exact) mass is 210 g/mol. The highest BCUT2D eigenvalue weighted by Gasteiger charge is 2.08. The Kier molecular flexibility index (Phi) is 4.71. The minimum Gasteiger partial charge on any atom is -0.373 e. The van der Waals surface area contributed by atoms with Gasteiger partial charge >= 0.3 is 0 Å². The molecule has 0 bridgehead atoms. The van der Waals surface area contributed by atoms with Gasteiger partial charge < -0.3 is 4.74 Å². The van der Waals surface area contributed by atoms with Crippen molar-refractivity contribution in [3.8, 4) is 0 Å². The second-order valence-electron chi connectivity index (χ2n) is 3.02. The molecule has 0 aliphatic carbocycles. The Balaban J connectivity index is 2.76. The van der Waals surface area contributed by atoms with E-state index in [9.17, 15) is 0 Å². The molecule has 0 heterocycles. The summed E-state index contributed by atoms with van der Waals surface area (Å²) in [5.74, 6) is 0. The summed E-state index contributed by atoms with van der Waals surface area (Å²) in [5.41, 5.74) is 1.15. The van der Waals surface area contributed by atoms with Gasteiger partial charge in [-0.15, -0.1) is 6.58 Å². The Morgan fingerprint density at radius 3 is 2.57 bits per heavy atom. The zero-order chi connectivity index (χ0) is 10.4. The molecule has 1 nitrogen and oxygen atoms in total. The van der Waals surface area contributed by atoms with Crippen molar-refractivity contribution in [3.05, 3.63) is 47.5 Å². The normalized spacial score (nSPS) is 12.4. The predicted molar refractivity (Wildman–Crippen MR) is 60.6 cm³/mol. The molecule has 0 aliphatic heterocycles. The van der Waals surface area contributed by atoms with Crippen LogP contribution in [-0.2, 0) is 4.74 Å². The first kappa shape index (κ1) is 11.3. The third kappa shape index (κ3) is 3.17. The molecule has 1 atom stereocenters. The maximum atomic E-state index is 5.81. The maximum absolute atomic E-state index is 5.81. The summed E-state index contributed by atoms with van der Waals surface area (Å²) in [5, 5.41) is 0.752. The standard InChI is InChI=1S/C12H15ClO/c1-3-5-12(14-4-2)10-6-8-11(13)9-7-10/h3,6-9,12H,1,4-5H2,2H3/t12-/m1/s1. The molecule has 2 heteroatoms. The lowest BCUT2D eigenvalue weighted by molar-refractivity contribution is 0.0648.